The average Bonchev–Trinajstić information content (AvgIpc) is 3.04. The topological polar surface area (TPSA) is 52.2 Å². The summed E-state index contributed by atoms with van der Waals surface area (Å²) >= 11 is 0. The number of anilines is 1. The van der Waals surface area contributed by atoms with Gasteiger partial charge in [0.05, 0.1) is 12.0 Å². The number of carbonyl (C=O) groups is 1. The normalized spacial score (nSPS) is 24.7. The van der Waals surface area contributed by atoms with Crippen molar-refractivity contribution in [3.63, 3.8) is 0 Å². The van der Waals surface area contributed by atoms with Crippen molar-refractivity contribution in [2.24, 2.45) is 5.92 Å². The number of carboxylic acids is 1. The van der Waals surface area contributed by atoms with Crippen LogP contribution in [0.4, 0.5) is 5.69 Å². The summed E-state index contributed by atoms with van der Waals surface area (Å²) in [6.45, 7) is 2.13. The summed E-state index contributed by atoms with van der Waals surface area (Å²) in [5.41, 5.74) is 5.18. The summed E-state index contributed by atoms with van der Waals surface area (Å²) in [5, 5.41) is 14.6. The Kier molecular flexibility index (Phi) is 3.22. The first-order valence-corrected chi connectivity index (χ1v) is 7.99. The Hall–Kier alpha value is -2.55. The number of hydrogen-bond acceptors (Lipinski definition) is 3. The Labute approximate surface area is 135 Å². The molecule has 1 heterocycles. The number of carboxylic acid groups (broad SMARTS) is 1. The molecule has 0 spiro atoms. The smallest absolute Gasteiger partial charge is 0.0715 e. The molecule has 0 saturated carbocycles. The van der Waals surface area contributed by atoms with Gasteiger partial charge >= 0.3 is 0 Å². The molecule has 3 atom stereocenters. The fourth-order valence-corrected chi connectivity index (χ4v) is 3.93. The van der Waals surface area contributed by atoms with Crippen LogP contribution in [0.15, 0.2) is 54.6 Å². The molecule has 0 saturated heterocycles. The largest absolute Gasteiger partial charge is 0.545 e. The fraction of sp³-hybridized carbons (Fsp3) is 0.250. The van der Waals surface area contributed by atoms with Gasteiger partial charge in [0.15, 0.2) is 0 Å². The van der Waals surface area contributed by atoms with Crippen molar-refractivity contribution in [1.82, 2.24) is 0 Å². The number of rotatable bonds is 2. The van der Waals surface area contributed by atoms with E-state index in [9.17, 15) is 9.90 Å². The van der Waals surface area contributed by atoms with Gasteiger partial charge in [0, 0.05) is 11.6 Å². The molecule has 116 valence electrons. The van der Waals surface area contributed by atoms with E-state index >= 15 is 0 Å². The van der Waals surface area contributed by atoms with Gasteiger partial charge in [0.1, 0.15) is 0 Å². The van der Waals surface area contributed by atoms with Crippen LogP contribution in [0.5, 0.6) is 0 Å². The maximum atomic E-state index is 10.9. The fourth-order valence-electron chi connectivity index (χ4n) is 3.93. The summed E-state index contributed by atoms with van der Waals surface area (Å²) in [7, 11) is 0. The molecule has 1 aliphatic carbocycles. The summed E-state index contributed by atoms with van der Waals surface area (Å²) in [6, 6.07) is 13.7. The SMILES string of the molecule is Cc1cccc2c1N[C@@H](c1ccc(C(=O)[O-])cc1)[C@H]1CC=C[C@H]21. The number of aromatic carboxylic acids is 1. The number of nitrogens with one attached hydrogen (secondary N) is 1. The van der Waals surface area contributed by atoms with Crippen LogP contribution in [0, 0.1) is 12.8 Å². The second kappa shape index (κ2) is 5.27. The van der Waals surface area contributed by atoms with Gasteiger partial charge in [0.2, 0.25) is 0 Å². The highest BCUT2D eigenvalue weighted by Gasteiger charge is 2.38. The van der Waals surface area contributed by atoms with Gasteiger partial charge in [-0.15, -0.1) is 0 Å². The van der Waals surface area contributed by atoms with E-state index in [0.29, 0.717) is 11.8 Å². The van der Waals surface area contributed by atoms with E-state index < -0.39 is 5.97 Å². The predicted molar refractivity (Wildman–Crippen MR) is 88.3 cm³/mol. The van der Waals surface area contributed by atoms with Crippen LogP contribution >= 0.6 is 0 Å². The van der Waals surface area contributed by atoms with E-state index in [0.717, 1.165) is 12.0 Å². The Balaban J connectivity index is 1.75. The molecule has 0 fully saturated rings. The van der Waals surface area contributed by atoms with Crippen molar-refractivity contribution in [2.75, 3.05) is 5.32 Å². The molecule has 0 aromatic heterocycles. The minimum absolute atomic E-state index is 0.194. The third kappa shape index (κ3) is 2.24. The summed E-state index contributed by atoms with van der Waals surface area (Å²) in [6.07, 6.45) is 5.61. The lowest BCUT2D eigenvalue weighted by atomic mass is 9.76. The van der Waals surface area contributed by atoms with Gasteiger partial charge in [0.25, 0.3) is 0 Å². The molecule has 23 heavy (non-hydrogen) atoms. The summed E-state index contributed by atoms with van der Waals surface area (Å²) in [5.74, 6) is -0.232. The highest BCUT2D eigenvalue weighted by Crippen LogP contribution is 2.50. The summed E-state index contributed by atoms with van der Waals surface area (Å²) < 4.78 is 0. The van der Waals surface area contributed by atoms with Crippen molar-refractivity contribution in [1.29, 1.82) is 0 Å². The molecule has 0 unspecified atom stereocenters. The standard InChI is InChI=1S/C20H19NO2/c1-12-4-2-6-16-15-5-3-7-17(15)19(21-18(12)16)13-8-10-14(11-9-13)20(22)23/h2-6,8-11,15,17,19,21H,7H2,1H3,(H,22,23)/p-1/t15-,17+,19+/m1/s1. The first kappa shape index (κ1) is 14.1. The van der Waals surface area contributed by atoms with E-state index in [1.807, 2.05) is 12.1 Å². The molecule has 3 heteroatoms. The minimum Gasteiger partial charge on any atom is -0.545 e. The Bertz CT molecular complexity index is 792. The first-order valence-electron chi connectivity index (χ1n) is 7.99. The number of carbonyl (C=O) groups excluding carboxylic acids is 1. The average molecular weight is 304 g/mol. The lowest BCUT2D eigenvalue weighted by molar-refractivity contribution is -0.255. The second-order valence-electron chi connectivity index (χ2n) is 6.42. The molecule has 0 radical (unpaired) electrons. The van der Waals surface area contributed by atoms with Gasteiger partial charge in [-0.3, -0.25) is 0 Å². The number of allylic oxidation sites excluding steroid dienone is 2. The zero-order valence-corrected chi connectivity index (χ0v) is 13.0. The van der Waals surface area contributed by atoms with Crippen LogP contribution in [0.3, 0.4) is 0 Å². The van der Waals surface area contributed by atoms with Crippen LogP contribution in [0.1, 0.15) is 45.4 Å². The molecule has 3 nitrogen and oxygen atoms in total. The van der Waals surface area contributed by atoms with Gasteiger partial charge in [-0.05, 0) is 41.5 Å². The molecule has 1 aliphatic heterocycles. The van der Waals surface area contributed by atoms with Crippen LogP contribution in [0.25, 0.3) is 0 Å². The third-order valence-electron chi connectivity index (χ3n) is 5.11. The van der Waals surface area contributed by atoms with E-state index in [2.05, 4.69) is 42.6 Å². The second-order valence-corrected chi connectivity index (χ2v) is 6.42. The molecule has 0 bridgehead atoms. The lowest BCUT2D eigenvalue weighted by Crippen LogP contribution is -2.29. The number of hydrogen-bond donors (Lipinski definition) is 1. The van der Waals surface area contributed by atoms with E-state index in [-0.39, 0.29) is 11.6 Å². The maximum Gasteiger partial charge on any atom is 0.0715 e. The number of aryl methyl sites for hydroxylation is 1. The highest BCUT2D eigenvalue weighted by molar-refractivity contribution is 5.85. The first-order chi connectivity index (χ1) is 11.1. The highest BCUT2D eigenvalue weighted by atomic mass is 16.4. The molecule has 2 aliphatic rings. The monoisotopic (exact) mass is 304 g/mol. The Morgan fingerprint density at radius 2 is 1.96 bits per heavy atom. The van der Waals surface area contributed by atoms with Crippen LogP contribution < -0.4 is 10.4 Å². The Morgan fingerprint density at radius 1 is 1.17 bits per heavy atom. The minimum atomic E-state index is -1.13. The number of benzene rings is 2. The predicted octanol–water partition coefficient (Wildman–Crippen LogP) is 3.19. The lowest BCUT2D eigenvalue weighted by Gasteiger charge is -2.38. The van der Waals surface area contributed by atoms with Crippen LogP contribution in [0.2, 0.25) is 0 Å². The quantitative estimate of drug-likeness (QED) is 0.867. The zero-order valence-electron chi connectivity index (χ0n) is 13.0. The van der Waals surface area contributed by atoms with E-state index in [1.54, 1.807) is 12.1 Å². The molecule has 2 aromatic rings. The third-order valence-corrected chi connectivity index (χ3v) is 5.11. The van der Waals surface area contributed by atoms with Crippen molar-refractivity contribution < 1.29 is 9.90 Å². The summed E-state index contributed by atoms with van der Waals surface area (Å²) in [4.78, 5) is 10.9. The van der Waals surface area contributed by atoms with Gasteiger partial charge < -0.3 is 15.2 Å². The molecule has 2 aromatic carbocycles. The van der Waals surface area contributed by atoms with Crippen molar-refractivity contribution >= 4 is 11.7 Å². The van der Waals surface area contributed by atoms with Crippen molar-refractivity contribution in [3.8, 4) is 0 Å². The van der Waals surface area contributed by atoms with Crippen molar-refractivity contribution in [2.45, 2.75) is 25.3 Å². The van der Waals surface area contributed by atoms with Gasteiger partial charge in [-0.25, -0.2) is 0 Å². The van der Waals surface area contributed by atoms with Crippen molar-refractivity contribution in [3.05, 3.63) is 76.9 Å². The molecular weight excluding hydrogens is 286 g/mol. The van der Waals surface area contributed by atoms with Crippen LogP contribution in [-0.4, -0.2) is 5.97 Å². The van der Waals surface area contributed by atoms with Gasteiger partial charge in [-0.2, -0.15) is 0 Å². The molecule has 0 amide bonds. The number of fused-ring (bicyclic) bond motifs is 3. The number of para-hydroxylation sites is 1. The van der Waals surface area contributed by atoms with E-state index in [1.165, 1.54) is 16.8 Å². The van der Waals surface area contributed by atoms with Gasteiger partial charge in [-0.1, -0.05) is 54.6 Å². The maximum absolute atomic E-state index is 10.9. The van der Waals surface area contributed by atoms with Crippen LogP contribution in [-0.2, 0) is 0 Å². The molecular formula is C20H18NO2-. The molecule has 1 N–H and O–H groups in total. The zero-order chi connectivity index (χ0) is 16.0. The van der Waals surface area contributed by atoms with E-state index in [4.69, 9.17) is 0 Å². The molecule has 4 rings (SSSR count). The Morgan fingerprint density at radius 3 is 2.70 bits per heavy atom.